The molecule has 11 rings (SSSR count). The van der Waals surface area contributed by atoms with Crippen molar-refractivity contribution in [1.29, 1.82) is 0 Å². The summed E-state index contributed by atoms with van der Waals surface area (Å²) in [5, 5.41) is 0. The fourth-order valence-corrected chi connectivity index (χ4v) is 23.6. The van der Waals surface area contributed by atoms with Gasteiger partial charge in [-0.15, -0.1) is 0 Å². The van der Waals surface area contributed by atoms with E-state index >= 15 is 0 Å². The zero-order valence-corrected chi connectivity index (χ0v) is 24.4. The normalized spacial score (nSPS) is 86.2. The van der Waals surface area contributed by atoms with E-state index in [9.17, 15) is 0 Å². The maximum Gasteiger partial charge on any atom is -0.00301 e. The Kier molecular flexibility index (Phi) is 2.25. The van der Waals surface area contributed by atoms with Crippen molar-refractivity contribution < 1.29 is 0 Å². The van der Waals surface area contributed by atoms with Gasteiger partial charge in [0.2, 0.25) is 0 Å². The van der Waals surface area contributed by atoms with Crippen LogP contribution in [0.1, 0.15) is 114 Å². The second-order valence-corrected chi connectivity index (χ2v) is 18.9. The first-order chi connectivity index (χ1) is 16.3. The average Bonchev–Trinajstić information content (AvgIpc) is 3.49. The van der Waals surface area contributed by atoms with Crippen LogP contribution in [-0.4, -0.2) is 0 Å². The van der Waals surface area contributed by atoms with E-state index in [1.54, 1.807) is 25.7 Å². The first-order valence-electron chi connectivity index (χ1n) is 16.3. The Morgan fingerprint density at radius 1 is 0.743 bits per heavy atom. The predicted octanol–water partition coefficient (Wildman–Crippen LogP) is 8.60. The molecule has 17 unspecified atom stereocenters. The summed E-state index contributed by atoms with van der Waals surface area (Å²) in [6.45, 7) is 28.5. The molecule has 0 N–H and O–H groups in total. The zero-order chi connectivity index (χ0) is 24.4. The minimum atomic E-state index is 0.453. The van der Waals surface area contributed by atoms with Crippen molar-refractivity contribution >= 4 is 0 Å². The lowest BCUT2D eigenvalue weighted by atomic mass is 8.85. The third-order valence-corrected chi connectivity index (χ3v) is 22.3. The van der Waals surface area contributed by atoms with Gasteiger partial charge in [0.1, 0.15) is 0 Å². The molecule has 11 saturated carbocycles. The highest BCUT2D eigenvalue weighted by atomic mass is 15.3. The van der Waals surface area contributed by atoms with Gasteiger partial charge in [0.25, 0.3) is 0 Å². The van der Waals surface area contributed by atoms with Gasteiger partial charge in [0.15, 0.2) is 0 Å². The number of unbranched alkanes of at least 4 members (excludes halogenated alkanes) is 1. The van der Waals surface area contributed by atoms with Crippen LogP contribution in [0.2, 0.25) is 0 Å². The minimum Gasteiger partial charge on any atom is -0.0654 e. The molecule has 0 saturated heterocycles. The Morgan fingerprint density at radius 2 is 1.40 bits per heavy atom. The Labute approximate surface area is 214 Å². The number of hydrogen-bond donors (Lipinski definition) is 0. The summed E-state index contributed by atoms with van der Waals surface area (Å²) in [6, 6.07) is 0. The van der Waals surface area contributed by atoms with Crippen LogP contribution >= 0.6 is 0 Å². The molecule has 11 aliphatic rings. The lowest BCUT2D eigenvalue weighted by Gasteiger charge is -3.18. The zero-order valence-electron chi connectivity index (χ0n) is 24.4. The minimum absolute atomic E-state index is 0.453. The van der Waals surface area contributed by atoms with Crippen molar-refractivity contribution in [3.63, 3.8) is 0 Å². The van der Waals surface area contributed by atoms with Gasteiger partial charge in [-0.3, -0.25) is 0 Å². The van der Waals surface area contributed by atoms with Crippen LogP contribution in [0.3, 0.4) is 0 Å². The molecule has 0 nitrogen and oxygen atoms in total. The maximum atomic E-state index is 2.96. The van der Waals surface area contributed by atoms with Crippen molar-refractivity contribution in [1.82, 2.24) is 0 Å². The quantitative estimate of drug-likeness (QED) is 0.387. The Hall–Kier alpha value is 0. The fourth-order valence-electron chi connectivity index (χ4n) is 23.6. The first-order valence-corrected chi connectivity index (χ1v) is 16.3. The van der Waals surface area contributed by atoms with Gasteiger partial charge >= 0.3 is 0 Å². The van der Waals surface area contributed by atoms with Crippen molar-refractivity contribution in [3.8, 4) is 0 Å². The summed E-state index contributed by atoms with van der Waals surface area (Å²) in [5.74, 6) is 6.39. The lowest BCUT2D eigenvalue weighted by molar-refractivity contribution is -0.726. The standard InChI is InChI=1S/C35H50/c1-11-12-13-25(6)27(8)24(4,5)28(9)29(10)26(7)18(2)21-16-31(26)32(29)17-30-15-20(22-14-23(21)33(22,30)31)19(3)34(25,30)35(27,28)32/h18-23H,11-17H2,1-10H3. The molecule has 11 aliphatic carbocycles. The van der Waals surface area contributed by atoms with Crippen molar-refractivity contribution in [2.45, 2.75) is 114 Å². The molecule has 0 aromatic heterocycles. The van der Waals surface area contributed by atoms with Gasteiger partial charge < -0.3 is 0 Å². The molecule has 190 valence electrons. The molecule has 0 amide bonds. The predicted molar refractivity (Wildman–Crippen MR) is 139 cm³/mol. The number of hydrogen-bond acceptors (Lipinski definition) is 0. The van der Waals surface area contributed by atoms with E-state index in [0.29, 0.717) is 48.7 Å². The highest BCUT2D eigenvalue weighted by Gasteiger charge is 3.29. The van der Waals surface area contributed by atoms with Gasteiger partial charge in [-0.2, -0.15) is 0 Å². The van der Waals surface area contributed by atoms with Crippen LogP contribution in [0.4, 0.5) is 0 Å². The fraction of sp³-hybridized carbons (Fsp3) is 1.00. The van der Waals surface area contributed by atoms with Crippen LogP contribution in [-0.2, 0) is 0 Å². The summed E-state index contributed by atoms with van der Waals surface area (Å²) < 4.78 is 0. The summed E-state index contributed by atoms with van der Waals surface area (Å²) in [6.07, 6.45) is 11.1. The van der Waals surface area contributed by atoms with Gasteiger partial charge in [0.05, 0.1) is 0 Å². The third kappa shape index (κ3) is 0.797. The van der Waals surface area contributed by atoms with E-state index in [1.807, 2.05) is 0 Å². The molecule has 11 fully saturated rings. The molecule has 0 aliphatic heterocycles. The van der Waals surface area contributed by atoms with Crippen LogP contribution in [0.15, 0.2) is 0 Å². The van der Waals surface area contributed by atoms with Crippen LogP contribution in [0, 0.1) is 100 Å². The monoisotopic (exact) mass is 470 g/mol. The third-order valence-electron chi connectivity index (χ3n) is 22.3. The molecule has 5 bridgehead atoms. The maximum absolute atomic E-state index is 2.96. The van der Waals surface area contributed by atoms with Crippen molar-refractivity contribution in [2.75, 3.05) is 0 Å². The molecule has 0 aromatic rings. The molecule has 6 spiro atoms. The van der Waals surface area contributed by atoms with E-state index in [0.717, 1.165) is 51.8 Å². The van der Waals surface area contributed by atoms with E-state index in [-0.39, 0.29) is 0 Å². The summed E-state index contributed by atoms with van der Waals surface area (Å²) in [5.41, 5.74) is 7.53. The SMILES string of the molecule is CCCCC1(C)C2(C)C(C)(C)C3(C)C4(C)C5(C)C(C)C6CC57C58C6CC5C5CC86CC47C23C16C5C. The summed E-state index contributed by atoms with van der Waals surface area (Å²) in [4.78, 5) is 0. The first kappa shape index (κ1) is 20.0. The van der Waals surface area contributed by atoms with Crippen molar-refractivity contribution in [2.24, 2.45) is 100 Å². The molecule has 0 heteroatoms. The average molecular weight is 471 g/mol. The van der Waals surface area contributed by atoms with Gasteiger partial charge in [-0.05, 0) is 133 Å². The number of rotatable bonds is 3. The molecular formula is C35H50. The van der Waals surface area contributed by atoms with E-state index in [4.69, 9.17) is 0 Å². The molecule has 0 radical (unpaired) electrons. The van der Waals surface area contributed by atoms with Crippen LogP contribution in [0.5, 0.6) is 0 Å². The van der Waals surface area contributed by atoms with Gasteiger partial charge in [-0.1, -0.05) is 82.1 Å². The van der Waals surface area contributed by atoms with Crippen LogP contribution in [0.25, 0.3) is 0 Å². The second kappa shape index (κ2) is 3.94. The Morgan fingerprint density at radius 3 is 2.06 bits per heavy atom. The van der Waals surface area contributed by atoms with E-state index in [2.05, 4.69) is 69.2 Å². The molecule has 0 heterocycles. The molecular weight excluding hydrogens is 420 g/mol. The van der Waals surface area contributed by atoms with E-state index in [1.165, 1.54) is 19.3 Å². The highest BCUT2D eigenvalue weighted by molar-refractivity contribution is 5.74. The van der Waals surface area contributed by atoms with E-state index < -0.39 is 0 Å². The topological polar surface area (TPSA) is 0 Å². The highest BCUT2D eigenvalue weighted by Crippen LogP contribution is 3.32. The number of fused-ring (bicyclic) bond motifs is 6. The smallest absolute Gasteiger partial charge is 0.00301 e. The molecule has 0 aromatic carbocycles. The summed E-state index contributed by atoms with van der Waals surface area (Å²) >= 11 is 0. The van der Waals surface area contributed by atoms with Crippen molar-refractivity contribution in [3.05, 3.63) is 0 Å². The summed E-state index contributed by atoms with van der Waals surface area (Å²) in [7, 11) is 0. The second-order valence-electron chi connectivity index (χ2n) is 18.9. The van der Waals surface area contributed by atoms with Gasteiger partial charge in [-0.25, -0.2) is 0 Å². The lowest BCUT2D eigenvalue weighted by Crippen LogP contribution is -3.15. The van der Waals surface area contributed by atoms with Crippen LogP contribution < -0.4 is 0 Å². The Balaban J connectivity index is 1.35. The molecule has 17 atom stereocenters. The Bertz CT molecular complexity index is 1270. The molecule has 35 heavy (non-hydrogen) atoms. The largest absolute Gasteiger partial charge is 0.0654 e. The van der Waals surface area contributed by atoms with Gasteiger partial charge in [0, 0.05) is 0 Å².